The van der Waals surface area contributed by atoms with E-state index in [2.05, 4.69) is 21.3 Å². The molecule has 0 aliphatic rings. The molecule has 2 rings (SSSR count). The number of hydrogen-bond acceptors (Lipinski definition) is 4. The average Bonchev–Trinajstić information content (AvgIpc) is 2.75. The van der Waals surface area contributed by atoms with Gasteiger partial charge in [0.25, 0.3) is 0 Å². The molecule has 0 atom stereocenters. The summed E-state index contributed by atoms with van der Waals surface area (Å²) in [7, 11) is 0. The molecule has 2 aromatic carbocycles. The lowest BCUT2D eigenvalue weighted by molar-refractivity contribution is -0.121. The highest BCUT2D eigenvalue weighted by atomic mass is 16.2. The lowest BCUT2D eigenvalue weighted by Crippen LogP contribution is -2.17. The Morgan fingerprint density at radius 3 is 0.906 bits per heavy atom. The molecule has 170 valence electrons. The van der Waals surface area contributed by atoms with E-state index in [1.807, 2.05) is 13.8 Å². The van der Waals surface area contributed by atoms with Gasteiger partial charge in [0.2, 0.25) is 23.6 Å². The lowest BCUT2D eigenvalue weighted by Gasteiger charge is -2.09. The summed E-state index contributed by atoms with van der Waals surface area (Å²) in [6.07, 6.45) is 2.53. The Labute approximate surface area is 188 Å². The summed E-state index contributed by atoms with van der Waals surface area (Å²) >= 11 is 0. The van der Waals surface area contributed by atoms with E-state index in [1.54, 1.807) is 48.5 Å². The number of rotatable bonds is 11. The van der Waals surface area contributed by atoms with Gasteiger partial charge in [-0.25, -0.2) is 0 Å². The summed E-state index contributed by atoms with van der Waals surface area (Å²) in [6, 6.07) is 13.6. The Kier molecular flexibility index (Phi) is 9.90. The molecule has 0 heterocycles. The van der Waals surface area contributed by atoms with Gasteiger partial charge in [-0.2, -0.15) is 0 Å². The van der Waals surface area contributed by atoms with Gasteiger partial charge in [0.1, 0.15) is 0 Å². The van der Waals surface area contributed by atoms with Crippen molar-refractivity contribution in [3.8, 4) is 0 Å². The highest BCUT2D eigenvalue weighted by Gasteiger charge is 2.09. The minimum Gasteiger partial charge on any atom is -0.326 e. The molecule has 4 N–H and O–H groups in total. The summed E-state index contributed by atoms with van der Waals surface area (Å²) in [5.74, 6) is -0.661. The summed E-state index contributed by atoms with van der Waals surface area (Å²) in [5.41, 5.74) is 2.50. The Hall–Kier alpha value is -3.68. The van der Waals surface area contributed by atoms with Crippen molar-refractivity contribution in [1.29, 1.82) is 0 Å². The molecule has 8 nitrogen and oxygen atoms in total. The largest absolute Gasteiger partial charge is 0.326 e. The van der Waals surface area contributed by atoms with E-state index < -0.39 is 0 Å². The minimum atomic E-state index is -0.281. The Balaban J connectivity index is 1.74. The zero-order chi connectivity index (χ0) is 23.3. The number of nitrogens with one attached hydrogen (secondary N) is 4. The SMILES string of the molecule is CCCC(=O)Nc1ccc(NC(=O)CCC(=O)Nc2ccc(NC(=O)CCC)cc2)cc1. The van der Waals surface area contributed by atoms with Gasteiger partial charge in [0.15, 0.2) is 0 Å². The number of anilines is 4. The van der Waals surface area contributed by atoms with Crippen LogP contribution in [0, 0.1) is 0 Å². The van der Waals surface area contributed by atoms with Gasteiger partial charge >= 0.3 is 0 Å². The molecule has 0 aliphatic carbocycles. The lowest BCUT2D eigenvalue weighted by atomic mass is 10.2. The zero-order valence-electron chi connectivity index (χ0n) is 18.5. The molecule has 0 unspecified atom stereocenters. The van der Waals surface area contributed by atoms with E-state index in [1.165, 1.54) is 0 Å². The summed E-state index contributed by atoms with van der Waals surface area (Å²) in [6.45, 7) is 3.87. The second-order valence-corrected chi connectivity index (χ2v) is 7.35. The van der Waals surface area contributed by atoms with Crippen molar-refractivity contribution < 1.29 is 19.2 Å². The molecule has 0 aromatic heterocycles. The number of benzene rings is 2. The average molecular weight is 439 g/mol. The quantitative estimate of drug-likeness (QED) is 0.413. The fraction of sp³-hybridized carbons (Fsp3) is 0.333. The molecular weight excluding hydrogens is 408 g/mol. The first kappa shape index (κ1) is 24.6. The van der Waals surface area contributed by atoms with Crippen molar-refractivity contribution >= 4 is 46.4 Å². The van der Waals surface area contributed by atoms with Crippen LogP contribution in [-0.2, 0) is 19.2 Å². The van der Waals surface area contributed by atoms with Crippen LogP contribution >= 0.6 is 0 Å². The van der Waals surface area contributed by atoms with Crippen LogP contribution in [0.15, 0.2) is 48.5 Å². The second-order valence-electron chi connectivity index (χ2n) is 7.35. The zero-order valence-corrected chi connectivity index (χ0v) is 18.5. The second kappa shape index (κ2) is 12.9. The topological polar surface area (TPSA) is 116 Å². The summed E-state index contributed by atoms with van der Waals surface area (Å²) in [4.78, 5) is 47.4. The van der Waals surface area contributed by atoms with Gasteiger partial charge < -0.3 is 21.3 Å². The van der Waals surface area contributed by atoms with Crippen LogP contribution in [0.3, 0.4) is 0 Å². The molecule has 0 saturated carbocycles. The normalized spacial score (nSPS) is 10.2. The molecule has 0 bridgehead atoms. The van der Waals surface area contributed by atoms with Crippen LogP contribution in [0.25, 0.3) is 0 Å². The van der Waals surface area contributed by atoms with Crippen molar-refractivity contribution in [2.75, 3.05) is 21.3 Å². The third kappa shape index (κ3) is 8.99. The van der Waals surface area contributed by atoms with E-state index in [9.17, 15) is 19.2 Å². The number of carbonyl (C=O) groups is 4. The first-order valence-corrected chi connectivity index (χ1v) is 10.8. The summed E-state index contributed by atoms with van der Waals surface area (Å²) in [5, 5.41) is 11.0. The molecule has 0 fully saturated rings. The van der Waals surface area contributed by atoms with E-state index in [0.717, 1.165) is 12.8 Å². The molecule has 32 heavy (non-hydrogen) atoms. The minimum absolute atomic E-state index is 0.0337. The molecular formula is C24H30N4O4. The van der Waals surface area contributed by atoms with E-state index in [4.69, 9.17) is 0 Å². The Bertz CT molecular complexity index is 847. The fourth-order valence-corrected chi connectivity index (χ4v) is 2.85. The maximum absolute atomic E-state index is 12.1. The molecule has 2 aromatic rings. The van der Waals surface area contributed by atoms with E-state index in [0.29, 0.717) is 35.6 Å². The fourth-order valence-electron chi connectivity index (χ4n) is 2.85. The van der Waals surface area contributed by atoms with Crippen LogP contribution in [0.2, 0.25) is 0 Å². The van der Waals surface area contributed by atoms with Crippen molar-refractivity contribution in [2.45, 2.75) is 52.4 Å². The standard InChI is InChI=1S/C24H30N4O4/c1-3-5-21(29)25-17-7-11-19(12-8-17)27-23(31)15-16-24(32)28-20-13-9-18(10-14-20)26-22(30)6-4-2/h7-14H,3-6,15-16H2,1-2H3,(H,25,29)(H,26,30)(H,27,31)(H,28,32). The maximum atomic E-state index is 12.1. The van der Waals surface area contributed by atoms with E-state index >= 15 is 0 Å². The molecule has 0 aliphatic heterocycles. The first-order valence-electron chi connectivity index (χ1n) is 10.8. The highest BCUT2D eigenvalue weighted by Crippen LogP contribution is 2.16. The van der Waals surface area contributed by atoms with Crippen LogP contribution in [-0.4, -0.2) is 23.6 Å². The molecule has 0 saturated heterocycles. The predicted molar refractivity (Wildman–Crippen MR) is 126 cm³/mol. The summed E-state index contributed by atoms with van der Waals surface area (Å²) < 4.78 is 0. The number of amides is 4. The smallest absolute Gasteiger partial charge is 0.224 e. The number of hydrogen-bond donors (Lipinski definition) is 4. The van der Waals surface area contributed by atoms with Crippen molar-refractivity contribution in [1.82, 2.24) is 0 Å². The van der Waals surface area contributed by atoms with Crippen LogP contribution in [0.5, 0.6) is 0 Å². The van der Waals surface area contributed by atoms with Gasteiger partial charge in [-0.3, -0.25) is 19.2 Å². The highest BCUT2D eigenvalue weighted by molar-refractivity contribution is 5.97. The van der Waals surface area contributed by atoms with Crippen molar-refractivity contribution in [3.63, 3.8) is 0 Å². The van der Waals surface area contributed by atoms with Crippen LogP contribution in [0.1, 0.15) is 52.4 Å². The van der Waals surface area contributed by atoms with Gasteiger partial charge in [-0.1, -0.05) is 13.8 Å². The predicted octanol–water partition coefficient (Wildman–Crippen LogP) is 4.52. The van der Waals surface area contributed by atoms with Gasteiger partial charge in [0.05, 0.1) is 0 Å². The molecule has 8 heteroatoms. The third-order valence-corrected chi connectivity index (χ3v) is 4.44. The third-order valence-electron chi connectivity index (χ3n) is 4.44. The molecule has 4 amide bonds. The molecule has 0 spiro atoms. The first-order chi connectivity index (χ1) is 15.4. The number of carbonyl (C=O) groups excluding carboxylic acids is 4. The van der Waals surface area contributed by atoms with Gasteiger partial charge in [-0.05, 0) is 61.4 Å². The maximum Gasteiger partial charge on any atom is 0.224 e. The van der Waals surface area contributed by atoms with Crippen LogP contribution in [0.4, 0.5) is 22.7 Å². The van der Waals surface area contributed by atoms with E-state index in [-0.39, 0.29) is 36.5 Å². The van der Waals surface area contributed by atoms with Gasteiger partial charge in [0, 0.05) is 48.4 Å². The Morgan fingerprint density at radius 1 is 0.469 bits per heavy atom. The Morgan fingerprint density at radius 2 is 0.688 bits per heavy atom. The van der Waals surface area contributed by atoms with Crippen molar-refractivity contribution in [2.24, 2.45) is 0 Å². The van der Waals surface area contributed by atoms with Crippen LogP contribution < -0.4 is 21.3 Å². The monoisotopic (exact) mass is 438 g/mol. The molecule has 0 radical (unpaired) electrons. The van der Waals surface area contributed by atoms with Gasteiger partial charge in [-0.15, -0.1) is 0 Å². The van der Waals surface area contributed by atoms with Crippen molar-refractivity contribution in [3.05, 3.63) is 48.5 Å².